The first-order valence-corrected chi connectivity index (χ1v) is 9.67. The molecular formula is C21H30N2O6. The molecule has 8 heteroatoms. The molecular weight excluding hydrogens is 376 g/mol. The van der Waals surface area contributed by atoms with Gasteiger partial charge in [0.15, 0.2) is 11.5 Å². The molecule has 0 fully saturated rings. The lowest BCUT2D eigenvalue weighted by molar-refractivity contribution is -0.143. The predicted octanol–water partition coefficient (Wildman–Crippen LogP) is 3.46. The fourth-order valence-electron chi connectivity index (χ4n) is 3.20. The van der Waals surface area contributed by atoms with E-state index in [2.05, 4.69) is 10.6 Å². The van der Waals surface area contributed by atoms with Gasteiger partial charge in [-0.25, -0.2) is 9.59 Å². The number of amides is 2. The Bertz CT molecular complexity index is 788. The summed E-state index contributed by atoms with van der Waals surface area (Å²) in [5.41, 5.74) is 1.49. The van der Waals surface area contributed by atoms with Gasteiger partial charge >= 0.3 is 12.0 Å². The molecule has 160 valence electrons. The van der Waals surface area contributed by atoms with Gasteiger partial charge in [-0.15, -0.1) is 0 Å². The minimum absolute atomic E-state index is 0.298. The molecule has 2 rings (SSSR count). The van der Waals surface area contributed by atoms with Crippen LogP contribution in [0, 0.1) is 0 Å². The first kappa shape index (κ1) is 22.4. The lowest BCUT2D eigenvalue weighted by Gasteiger charge is -2.31. The van der Waals surface area contributed by atoms with Crippen LogP contribution in [0.1, 0.15) is 51.6 Å². The summed E-state index contributed by atoms with van der Waals surface area (Å²) in [6, 6.07) is 2.23. The number of benzene rings is 1. The summed E-state index contributed by atoms with van der Waals surface area (Å²) in [5, 5.41) is 5.60. The molecule has 1 aliphatic rings. The Morgan fingerprint density at radius 3 is 2.24 bits per heavy atom. The van der Waals surface area contributed by atoms with E-state index in [-0.39, 0.29) is 12.1 Å². The van der Waals surface area contributed by atoms with E-state index >= 15 is 0 Å². The highest BCUT2D eigenvalue weighted by Gasteiger charge is 2.36. The lowest BCUT2D eigenvalue weighted by atomic mass is 9.92. The Morgan fingerprint density at radius 2 is 1.69 bits per heavy atom. The predicted molar refractivity (Wildman–Crippen MR) is 108 cm³/mol. The number of urea groups is 1. The summed E-state index contributed by atoms with van der Waals surface area (Å²) < 4.78 is 21.7. The van der Waals surface area contributed by atoms with Crippen LogP contribution < -0.4 is 24.8 Å². The second kappa shape index (κ2) is 10.0. The van der Waals surface area contributed by atoms with E-state index in [4.69, 9.17) is 18.9 Å². The van der Waals surface area contributed by atoms with Crippen LogP contribution in [0.25, 0.3) is 0 Å². The minimum Gasteiger partial charge on any atom is -0.496 e. The number of rotatable bonds is 9. The van der Waals surface area contributed by atoms with Gasteiger partial charge in [0.25, 0.3) is 0 Å². The van der Waals surface area contributed by atoms with E-state index in [1.54, 1.807) is 26.0 Å². The highest BCUT2D eigenvalue weighted by Crippen LogP contribution is 2.41. The topological polar surface area (TPSA) is 95.1 Å². The summed E-state index contributed by atoms with van der Waals surface area (Å²) in [7, 11) is 4.56. The van der Waals surface area contributed by atoms with Gasteiger partial charge in [0.05, 0.1) is 39.0 Å². The third kappa shape index (κ3) is 5.13. The second-order valence-corrected chi connectivity index (χ2v) is 6.93. The molecule has 0 aliphatic carbocycles. The van der Waals surface area contributed by atoms with Crippen molar-refractivity contribution in [1.29, 1.82) is 0 Å². The van der Waals surface area contributed by atoms with Gasteiger partial charge in [-0.05, 0) is 32.8 Å². The molecule has 1 aliphatic heterocycles. The van der Waals surface area contributed by atoms with Gasteiger partial charge in [-0.2, -0.15) is 0 Å². The zero-order valence-electron chi connectivity index (χ0n) is 17.9. The van der Waals surface area contributed by atoms with Gasteiger partial charge in [-0.1, -0.05) is 13.3 Å². The maximum absolute atomic E-state index is 13.0. The summed E-state index contributed by atoms with van der Waals surface area (Å²) in [5.74, 6) is 0.914. The van der Waals surface area contributed by atoms with E-state index in [9.17, 15) is 9.59 Å². The van der Waals surface area contributed by atoms with Crippen LogP contribution in [0.3, 0.4) is 0 Å². The fraction of sp³-hybridized carbons (Fsp3) is 0.524. The van der Waals surface area contributed by atoms with Crippen molar-refractivity contribution < 1.29 is 28.5 Å². The van der Waals surface area contributed by atoms with E-state index in [0.717, 1.165) is 12.8 Å². The number of ether oxygens (including phenoxy) is 4. The van der Waals surface area contributed by atoms with Crippen LogP contribution in [-0.4, -0.2) is 39.4 Å². The van der Waals surface area contributed by atoms with Crippen molar-refractivity contribution in [3.05, 3.63) is 29.0 Å². The van der Waals surface area contributed by atoms with Crippen molar-refractivity contribution in [3.63, 3.8) is 0 Å². The molecule has 1 aromatic rings. The normalized spacial score (nSPS) is 16.2. The van der Waals surface area contributed by atoms with Crippen LogP contribution >= 0.6 is 0 Å². The summed E-state index contributed by atoms with van der Waals surface area (Å²) in [4.78, 5) is 25.4. The SMILES string of the molecule is CCCCC1=C(C(=O)OC(C)C)C(c2cc(OC)c(OC)cc2OC)NC(=O)N1. The molecule has 0 saturated carbocycles. The van der Waals surface area contributed by atoms with E-state index < -0.39 is 12.0 Å². The highest BCUT2D eigenvalue weighted by molar-refractivity contribution is 5.95. The van der Waals surface area contributed by atoms with Gasteiger partial charge in [-0.3, -0.25) is 0 Å². The van der Waals surface area contributed by atoms with Crippen molar-refractivity contribution in [2.45, 2.75) is 52.2 Å². The number of allylic oxidation sites excluding steroid dienone is 1. The zero-order valence-corrected chi connectivity index (χ0v) is 17.9. The molecule has 0 radical (unpaired) electrons. The van der Waals surface area contributed by atoms with Crippen molar-refractivity contribution in [3.8, 4) is 17.2 Å². The van der Waals surface area contributed by atoms with E-state index in [1.165, 1.54) is 21.3 Å². The molecule has 0 spiro atoms. The number of carbonyl (C=O) groups excluding carboxylic acids is 2. The van der Waals surface area contributed by atoms with Crippen LogP contribution in [0.2, 0.25) is 0 Å². The maximum atomic E-state index is 13.0. The van der Waals surface area contributed by atoms with Gasteiger partial charge in [0.1, 0.15) is 5.75 Å². The fourth-order valence-corrected chi connectivity index (χ4v) is 3.20. The van der Waals surface area contributed by atoms with Gasteiger partial charge < -0.3 is 29.6 Å². The highest BCUT2D eigenvalue weighted by atomic mass is 16.5. The van der Waals surface area contributed by atoms with Crippen LogP contribution in [-0.2, 0) is 9.53 Å². The molecule has 1 unspecified atom stereocenters. The number of hydrogen-bond donors (Lipinski definition) is 2. The monoisotopic (exact) mass is 406 g/mol. The molecule has 0 saturated heterocycles. The number of hydrogen-bond acceptors (Lipinski definition) is 6. The van der Waals surface area contributed by atoms with Gasteiger partial charge in [0, 0.05) is 17.3 Å². The third-order valence-corrected chi connectivity index (χ3v) is 4.54. The smallest absolute Gasteiger partial charge is 0.338 e. The number of carbonyl (C=O) groups is 2. The van der Waals surface area contributed by atoms with Crippen molar-refractivity contribution in [2.24, 2.45) is 0 Å². The van der Waals surface area contributed by atoms with Crippen LogP contribution in [0.5, 0.6) is 17.2 Å². The molecule has 1 atom stereocenters. The first-order valence-electron chi connectivity index (χ1n) is 9.67. The van der Waals surface area contributed by atoms with Crippen molar-refractivity contribution in [1.82, 2.24) is 10.6 Å². The number of nitrogens with one attached hydrogen (secondary N) is 2. The molecule has 2 amide bonds. The first-order chi connectivity index (χ1) is 13.9. The number of esters is 1. The summed E-state index contributed by atoms with van der Waals surface area (Å²) >= 11 is 0. The Balaban J connectivity index is 2.65. The Labute approximate surface area is 171 Å². The molecule has 1 aromatic carbocycles. The second-order valence-electron chi connectivity index (χ2n) is 6.93. The maximum Gasteiger partial charge on any atom is 0.338 e. The molecule has 0 aromatic heterocycles. The number of unbranched alkanes of at least 4 members (excludes halogenated alkanes) is 1. The number of methoxy groups -OCH3 is 3. The largest absolute Gasteiger partial charge is 0.496 e. The van der Waals surface area contributed by atoms with E-state index in [1.807, 2.05) is 6.92 Å². The van der Waals surface area contributed by atoms with E-state index in [0.29, 0.717) is 40.5 Å². The third-order valence-electron chi connectivity index (χ3n) is 4.54. The Kier molecular flexibility index (Phi) is 7.75. The van der Waals surface area contributed by atoms with Crippen LogP contribution in [0.15, 0.2) is 23.4 Å². The molecule has 29 heavy (non-hydrogen) atoms. The molecule has 0 bridgehead atoms. The standard InChI is InChI=1S/C21H30N2O6/c1-7-8-9-14-18(20(24)29-12(2)3)19(23-21(25)22-14)13-10-16(27-5)17(28-6)11-15(13)26-4/h10-12,19H,7-9H2,1-6H3,(H2,22,23,25). The summed E-state index contributed by atoms with van der Waals surface area (Å²) in [6.45, 7) is 5.61. The lowest BCUT2D eigenvalue weighted by Crippen LogP contribution is -2.46. The summed E-state index contributed by atoms with van der Waals surface area (Å²) in [6.07, 6.45) is 2.00. The van der Waals surface area contributed by atoms with Crippen LogP contribution in [0.4, 0.5) is 4.79 Å². The Morgan fingerprint density at radius 1 is 1.07 bits per heavy atom. The average Bonchev–Trinajstić information content (AvgIpc) is 2.69. The van der Waals surface area contributed by atoms with Crippen molar-refractivity contribution in [2.75, 3.05) is 21.3 Å². The minimum atomic E-state index is -0.753. The average molecular weight is 406 g/mol. The van der Waals surface area contributed by atoms with Gasteiger partial charge in [0.2, 0.25) is 0 Å². The molecule has 2 N–H and O–H groups in total. The molecule has 8 nitrogen and oxygen atoms in total. The zero-order chi connectivity index (χ0) is 21.6. The Hall–Kier alpha value is -2.90. The van der Waals surface area contributed by atoms with Crippen molar-refractivity contribution >= 4 is 12.0 Å². The molecule has 1 heterocycles. The quantitative estimate of drug-likeness (QED) is 0.610.